The second-order valence-electron chi connectivity index (χ2n) is 3.60. The van der Waals surface area contributed by atoms with Gasteiger partial charge in [-0.1, -0.05) is 15.9 Å². The van der Waals surface area contributed by atoms with Gasteiger partial charge in [-0.3, -0.25) is 0 Å². The molecule has 0 aliphatic rings. The summed E-state index contributed by atoms with van der Waals surface area (Å²) >= 11 is 3.34. The molecule has 1 aromatic heterocycles. The summed E-state index contributed by atoms with van der Waals surface area (Å²) in [6.07, 6.45) is 1.43. The maximum atomic E-state index is 8.94. The van der Waals surface area contributed by atoms with Crippen LogP contribution < -0.4 is 10.5 Å². The van der Waals surface area contributed by atoms with Gasteiger partial charge < -0.3 is 10.5 Å². The quantitative estimate of drug-likeness (QED) is 0.862. The molecule has 90 valence electrons. The third-order valence-corrected chi connectivity index (χ3v) is 2.73. The number of benzene rings is 1. The number of aromatic nitrogens is 2. The maximum absolute atomic E-state index is 8.94. The summed E-state index contributed by atoms with van der Waals surface area (Å²) in [6.45, 7) is 1.86. The van der Waals surface area contributed by atoms with E-state index in [1.807, 2.05) is 19.1 Å². The second kappa shape index (κ2) is 5.02. The van der Waals surface area contributed by atoms with Crippen molar-refractivity contribution in [1.29, 1.82) is 5.26 Å². The Morgan fingerprint density at radius 1 is 1.44 bits per heavy atom. The fourth-order valence-corrected chi connectivity index (χ4v) is 2.06. The van der Waals surface area contributed by atoms with Crippen molar-refractivity contribution in [2.24, 2.45) is 0 Å². The SMILES string of the molecule is Cc1cc(Br)cc(N)c1Oc1nnccc1C#N. The fourth-order valence-electron chi connectivity index (χ4n) is 1.47. The van der Waals surface area contributed by atoms with E-state index in [1.165, 1.54) is 12.3 Å². The number of hydrogen-bond acceptors (Lipinski definition) is 5. The predicted octanol–water partition coefficient (Wildman–Crippen LogP) is 2.79. The fraction of sp³-hybridized carbons (Fsp3) is 0.0833. The highest BCUT2D eigenvalue weighted by Gasteiger charge is 2.11. The van der Waals surface area contributed by atoms with Crippen molar-refractivity contribution in [3.63, 3.8) is 0 Å². The molecule has 6 heteroatoms. The Kier molecular flexibility index (Phi) is 3.44. The zero-order chi connectivity index (χ0) is 13.1. The Hall–Kier alpha value is -2.13. The molecule has 2 rings (SSSR count). The average Bonchev–Trinajstić information content (AvgIpc) is 2.34. The highest BCUT2D eigenvalue weighted by Crippen LogP contribution is 2.33. The van der Waals surface area contributed by atoms with Crippen LogP contribution in [0.1, 0.15) is 11.1 Å². The van der Waals surface area contributed by atoms with Crippen LogP contribution in [0.2, 0.25) is 0 Å². The molecule has 0 fully saturated rings. The summed E-state index contributed by atoms with van der Waals surface area (Å²) in [5.74, 6) is 0.632. The molecule has 0 unspecified atom stereocenters. The molecule has 0 spiro atoms. The molecule has 0 atom stereocenters. The zero-order valence-corrected chi connectivity index (χ0v) is 11.1. The summed E-state index contributed by atoms with van der Waals surface area (Å²) in [5, 5.41) is 16.4. The van der Waals surface area contributed by atoms with Crippen molar-refractivity contribution >= 4 is 21.6 Å². The number of hydrogen-bond donors (Lipinski definition) is 1. The van der Waals surface area contributed by atoms with Gasteiger partial charge in [0, 0.05) is 4.47 Å². The topological polar surface area (TPSA) is 84.8 Å². The smallest absolute Gasteiger partial charge is 0.257 e. The van der Waals surface area contributed by atoms with Crippen molar-refractivity contribution in [2.45, 2.75) is 6.92 Å². The molecule has 2 aromatic rings. The second-order valence-corrected chi connectivity index (χ2v) is 4.52. The van der Waals surface area contributed by atoms with E-state index in [0.29, 0.717) is 17.0 Å². The zero-order valence-electron chi connectivity index (χ0n) is 9.51. The Morgan fingerprint density at radius 3 is 2.89 bits per heavy atom. The molecule has 0 saturated heterocycles. The van der Waals surface area contributed by atoms with Gasteiger partial charge in [0.2, 0.25) is 0 Å². The number of nitrogens with two attached hydrogens (primary N) is 1. The first-order valence-electron chi connectivity index (χ1n) is 5.07. The van der Waals surface area contributed by atoms with Crippen LogP contribution in [0.3, 0.4) is 0 Å². The van der Waals surface area contributed by atoms with E-state index in [0.717, 1.165) is 10.0 Å². The highest BCUT2D eigenvalue weighted by atomic mass is 79.9. The van der Waals surface area contributed by atoms with E-state index >= 15 is 0 Å². The number of nitrogen functional groups attached to an aromatic ring is 1. The van der Waals surface area contributed by atoms with E-state index in [-0.39, 0.29) is 5.88 Å². The molecule has 0 amide bonds. The number of anilines is 1. The minimum Gasteiger partial charge on any atom is -0.434 e. The number of nitrogens with zero attached hydrogens (tertiary/aromatic N) is 3. The van der Waals surface area contributed by atoms with E-state index in [1.54, 1.807) is 6.07 Å². The van der Waals surface area contributed by atoms with Gasteiger partial charge >= 0.3 is 0 Å². The Morgan fingerprint density at radius 2 is 2.22 bits per heavy atom. The molecule has 1 heterocycles. The molecule has 0 radical (unpaired) electrons. The molecule has 5 nitrogen and oxygen atoms in total. The first kappa shape index (κ1) is 12.3. The molecular weight excluding hydrogens is 296 g/mol. The standard InChI is InChI=1S/C12H9BrN4O/c1-7-4-9(13)5-10(15)11(7)18-12-8(6-14)2-3-16-17-12/h2-5H,15H2,1H3. The maximum Gasteiger partial charge on any atom is 0.257 e. The van der Waals surface area contributed by atoms with Crippen LogP contribution in [-0.4, -0.2) is 10.2 Å². The van der Waals surface area contributed by atoms with Gasteiger partial charge in [0.25, 0.3) is 5.88 Å². The van der Waals surface area contributed by atoms with Gasteiger partial charge in [-0.2, -0.15) is 10.4 Å². The van der Waals surface area contributed by atoms with E-state index in [4.69, 9.17) is 15.7 Å². The van der Waals surface area contributed by atoms with Gasteiger partial charge in [-0.25, -0.2) is 0 Å². The van der Waals surface area contributed by atoms with Crippen molar-refractivity contribution in [2.75, 3.05) is 5.73 Å². The minimum absolute atomic E-state index is 0.150. The van der Waals surface area contributed by atoms with Gasteiger partial charge in [0.15, 0.2) is 5.75 Å². The van der Waals surface area contributed by atoms with Crippen molar-refractivity contribution in [3.8, 4) is 17.7 Å². The Bertz CT molecular complexity index is 613. The summed E-state index contributed by atoms with van der Waals surface area (Å²) < 4.78 is 6.44. The lowest BCUT2D eigenvalue weighted by atomic mass is 10.2. The summed E-state index contributed by atoms with van der Waals surface area (Å²) in [7, 11) is 0. The first-order valence-corrected chi connectivity index (χ1v) is 5.86. The van der Waals surface area contributed by atoms with Gasteiger partial charge in [0.05, 0.1) is 11.9 Å². The van der Waals surface area contributed by atoms with Gasteiger partial charge in [0.1, 0.15) is 11.6 Å². The number of nitriles is 1. The summed E-state index contributed by atoms with van der Waals surface area (Å²) in [6, 6.07) is 7.12. The normalized spacial score (nSPS) is 9.83. The van der Waals surface area contributed by atoms with Crippen LogP contribution in [-0.2, 0) is 0 Å². The third kappa shape index (κ3) is 2.41. The van der Waals surface area contributed by atoms with Crippen LogP contribution in [0.15, 0.2) is 28.9 Å². The summed E-state index contributed by atoms with van der Waals surface area (Å²) in [5.41, 5.74) is 7.50. The van der Waals surface area contributed by atoms with Crippen LogP contribution in [0, 0.1) is 18.3 Å². The van der Waals surface area contributed by atoms with Crippen LogP contribution in [0.25, 0.3) is 0 Å². The largest absolute Gasteiger partial charge is 0.434 e. The van der Waals surface area contributed by atoms with Crippen molar-refractivity contribution in [1.82, 2.24) is 10.2 Å². The van der Waals surface area contributed by atoms with E-state index in [2.05, 4.69) is 26.1 Å². The van der Waals surface area contributed by atoms with Crippen molar-refractivity contribution < 1.29 is 4.74 Å². The molecule has 0 saturated carbocycles. The number of rotatable bonds is 2. The van der Waals surface area contributed by atoms with Gasteiger partial charge in [-0.15, -0.1) is 5.10 Å². The van der Waals surface area contributed by atoms with Gasteiger partial charge in [-0.05, 0) is 30.7 Å². The lowest BCUT2D eigenvalue weighted by molar-refractivity contribution is 0.452. The van der Waals surface area contributed by atoms with Crippen LogP contribution in [0.5, 0.6) is 11.6 Å². The number of halogens is 1. The van der Waals surface area contributed by atoms with Crippen LogP contribution in [0.4, 0.5) is 5.69 Å². The monoisotopic (exact) mass is 304 g/mol. The molecule has 1 aromatic carbocycles. The highest BCUT2D eigenvalue weighted by molar-refractivity contribution is 9.10. The number of aryl methyl sites for hydroxylation is 1. The minimum atomic E-state index is 0.150. The van der Waals surface area contributed by atoms with E-state index < -0.39 is 0 Å². The van der Waals surface area contributed by atoms with Crippen LogP contribution >= 0.6 is 15.9 Å². The molecule has 0 aliphatic carbocycles. The average molecular weight is 305 g/mol. The lowest BCUT2D eigenvalue weighted by Gasteiger charge is -2.11. The summed E-state index contributed by atoms with van der Waals surface area (Å²) in [4.78, 5) is 0. The molecule has 2 N–H and O–H groups in total. The third-order valence-electron chi connectivity index (χ3n) is 2.27. The number of ether oxygens (including phenoxy) is 1. The molecular formula is C12H9BrN4O. The molecule has 0 bridgehead atoms. The molecule has 0 aliphatic heterocycles. The predicted molar refractivity (Wildman–Crippen MR) is 70.1 cm³/mol. The van der Waals surface area contributed by atoms with Crippen molar-refractivity contribution in [3.05, 3.63) is 40.0 Å². The molecule has 18 heavy (non-hydrogen) atoms. The first-order chi connectivity index (χ1) is 8.61. The Balaban J connectivity index is 2.44. The lowest BCUT2D eigenvalue weighted by Crippen LogP contribution is -1.99. The Labute approximate surface area is 112 Å². The van der Waals surface area contributed by atoms with E-state index in [9.17, 15) is 0 Å².